The highest BCUT2D eigenvalue weighted by Gasteiger charge is 2.04. The van der Waals surface area contributed by atoms with E-state index in [1.54, 1.807) is 0 Å². The minimum Gasteiger partial charge on any atom is -0.381 e. The van der Waals surface area contributed by atoms with Crippen LogP contribution in [0.25, 0.3) is 0 Å². The maximum atomic E-state index is 11.1. The number of hydrogen-bond acceptors (Lipinski definition) is 3. The molecule has 0 aliphatic carbocycles. The third-order valence-corrected chi connectivity index (χ3v) is 1.58. The van der Waals surface area contributed by atoms with E-state index in [1.165, 1.54) is 0 Å². The first-order valence-corrected chi connectivity index (χ1v) is 4.77. The molecule has 0 aromatic heterocycles. The lowest BCUT2D eigenvalue weighted by molar-refractivity contribution is -0.122. The maximum absolute atomic E-state index is 11.1. The Morgan fingerprint density at radius 1 is 1.54 bits per heavy atom. The van der Waals surface area contributed by atoms with E-state index in [-0.39, 0.29) is 11.9 Å². The molecule has 13 heavy (non-hydrogen) atoms. The summed E-state index contributed by atoms with van der Waals surface area (Å²) in [6.07, 6.45) is 1.41. The second-order valence-corrected chi connectivity index (χ2v) is 3.07. The topological polar surface area (TPSA) is 64.3 Å². The van der Waals surface area contributed by atoms with Gasteiger partial charge < -0.3 is 15.8 Å². The van der Waals surface area contributed by atoms with Crippen LogP contribution in [0.2, 0.25) is 0 Å². The Bertz CT molecular complexity index is 140. The van der Waals surface area contributed by atoms with Gasteiger partial charge in [0.2, 0.25) is 5.91 Å². The number of hydrogen-bond donors (Lipinski definition) is 2. The second-order valence-electron chi connectivity index (χ2n) is 3.07. The zero-order valence-electron chi connectivity index (χ0n) is 8.51. The number of rotatable bonds is 7. The lowest BCUT2D eigenvalue weighted by Crippen LogP contribution is -2.38. The highest BCUT2D eigenvalue weighted by molar-refractivity contribution is 5.76. The van der Waals surface area contributed by atoms with Gasteiger partial charge in [-0.3, -0.25) is 4.79 Å². The first-order valence-electron chi connectivity index (χ1n) is 4.77. The van der Waals surface area contributed by atoms with Crippen LogP contribution in [-0.4, -0.2) is 31.7 Å². The summed E-state index contributed by atoms with van der Waals surface area (Å²) in [6.45, 7) is 5.61. The molecule has 0 aliphatic rings. The summed E-state index contributed by atoms with van der Waals surface area (Å²) in [4.78, 5) is 11.1. The van der Waals surface area contributed by atoms with Crippen molar-refractivity contribution in [3.63, 3.8) is 0 Å². The number of nitrogens with two attached hydrogens (primary N) is 1. The molecule has 0 unspecified atom stereocenters. The van der Waals surface area contributed by atoms with E-state index < -0.39 is 0 Å². The quantitative estimate of drug-likeness (QED) is 0.563. The SMILES string of the molecule is CCCOCCC(=O)N[C@H](C)CN. The highest BCUT2D eigenvalue weighted by Crippen LogP contribution is 1.87. The summed E-state index contributed by atoms with van der Waals surface area (Å²) in [7, 11) is 0. The average molecular weight is 188 g/mol. The van der Waals surface area contributed by atoms with Crippen LogP contribution in [0, 0.1) is 0 Å². The monoisotopic (exact) mass is 188 g/mol. The largest absolute Gasteiger partial charge is 0.381 e. The van der Waals surface area contributed by atoms with E-state index in [4.69, 9.17) is 10.5 Å². The van der Waals surface area contributed by atoms with Gasteiger partial charge in [-0.2, -0.15) is 0 Å². The van der Waals surface area contributed by atoms with Crippen LogP contribution in [0.5, 0.6) is 0 Å². The van der Waals surface area contributed by atoms with Crippen LogP contribution in [0.3, 0.4) is 0 Å². The minimum atomic E-state index is 0.00838. The third kappa shape index (κ3) is 7.74. The van der Waals surface area contributed by atoms with Crippen LogP contribution >= 0.6 is 0 Å². The van der Waals surface area contributed by atoms with Crippen LogP contribution in [-0.2, 0) is 9.53 Å². The van der Waals surface area contributed by atoms with Gasteiger partial charge in [0, 0.05) is 25.6 Å². The van der Waals surface area contributed by atoms with E-state index in [2.05, 4.69) is 5.32 Å². The van der Waals surface area contributed by atoms with Crippen molar-refractivity contribution < 1.29 is 9.53 Å². The Morgan fingerprint density at radius 2 is 2.23 bits per heavy atom. The first kappa shape index (κ1) is 12.4. The highest BCUT2D eigenvalue weighted by atomic mass is 16.5. The fourth-order valence-electron chi connectivity index (χ4n) is 0.817. The van der Waals surface area contributed by atoms with Gasteiger partial charge in [0.15, 0.2) is 0 Å². The van der Waals surface area contributed by atoms with Gasteiger partial charge in [0.25, 0.3) is 0 Å². The van der Waals surface area contributed by atoms with Crippen LogP contribution in [0.1, 0.15) is 26.7 Å². The molecule has 0 saturated carbocycles. The molecule has 78 valence electrons. The summed E-state index contributed by atoms with van der Waals surface area (Å²) in [5, 5.41) is 2.76. The number of carbonyl (C=O) groups excluding carboxylic acids is 1. The van der Waals surface area contributed by atoms with Crippen molar-refractivity contribution in [1.82, 2.24) is 5.32 Å². The standard InChI is InChI=1S/C9H20N2O2/c1-3-5-13-6-4-9(12)11-8(2)7-10/h8H,3-7,10H2,1-2H3,(H,11,12)/t8-/m1/s1. The van der Waals surface area contributed by atoms with E-state index in [0.717, 1.165) is 13.0 Å². The third-order valence-electron chi connectivity index (χ3n) is 1.58. The first-order chi connectivity index (χ1) is 6.20. The molecule has 4 nitrogen and oxygen atoms in total. The molecular weight excluding hydrogens is 168 g/mol. The van der Waals surface area contributed by atoms with Crippen molar-refractivity contribution in [3.8, 4) is 0 Å². The Balaban J connectivity index is 3.30. The Hall–Kier alpha value is -0.610. The van der Waals surface area contributed by atoms with Crippen molar-refractivity contribution in [1.29, 1.82) is 0 Å². The molecule has 3 N–H and O–H groups in total. The molecule has 0 aromatic rings. The Kier molecular flexibility index (Phi) is 7.63. The normalized spacial score (nSPS) is 12.5. The molecule has 0 spiro atoms. The molecule has 0 heterocycles. The van der Waals surface area contributed by atoms with Crippen molar-refractivity contribution >= 4 is 5.91 Å². The van der Waals surface area contributed by atoms with Gasteiger partial charge in [-0.15, -0.1) is 0 Å². The average Bonchev–Trinajstić information content (AvgIpc) is 2.12. The van der Waals surface area contributed by atoms with E-state index in [0.29, 0.717) is 19.6 Å². The lowest BCUT2D eigenvalue weighted by atomic mass is 10.3. The molecule has 0 aliphatic heterocycles. The Morgan fingerprint density at radius 3 is 2.77 bits per heavy atom. The van der Waals surface area contributed by atoms with Crippen molar-refractivity contribution in [2.75, 3.05) is 19.8 Å². The van der Waals surface area contributed by atoms with E-state index >= 15 is 0 Å². The predicted molar refractivity (Wildman–Crippen MR) is 52.4 cm³/mol. The summed E-state index contributed by atoms with van der Waals surface area (Å²) in [5.41, 5.74) is 5.35. The molecule has 1 amide bonds. The van der Waals surface area contributed by atoms with Gasteiger partial charge >= 0.3 is 0 Å². The predicted octanol–water partition coefficient (Wildman–Crippen LogP) is 0.267. The minimum absolute atomic E-state index is 0.00838. The van der Waals surface area contributed by atoms with Crippen molar-refractivity contribution in [2.45, 2.75) is 32.7 Å². The zero-order chi connectivity index (χ0) is 10.1. The zero-order valence-corrected chi connectivity index (χ0v) is 8.51. The van der Waals surface area contributed by atoms with Crippen molar-refractivity contribution in [3.05, 3.63) is 0 Å². The fourth-order valence-corrected chi connectivity index (χ4v) is 0.817. The van der Waals surface area contributed by atoms with Crippen LogP contribution in [0.15, 0.2) is 0 Å². The molecule has 1 atom stereocenters. The lowest BCUT2D eigenvalue weighted by Gasteiger charge is -2.10. The number of nitrogens with one attached hydrogen (secondary N) is 1. The summed E-state index contributed by atoms with van der Waals surface area (Å²) >= 11 is 0. The van der Waals surface area contributed by atoms with Crippen molar-refractivity contribution in [2.24, 2.45) is 5.73 Å². The Labute approximate surface area is 79.8 Å². The van der Waals surface area contributed by atoms with E-state index in [1.807, 2.05) is 13.8 Å². The fraction of sp³-hybridized carbons (Fsp3) is 0.889. The summed E-state index contributed by atoms with van der Waals surface area (Å²) in [6, 6.07) is 0.0543. The van der Waals surface area contributed by atoms with Crippen LogP contribution < -0.4 is 11.1 Å². The smallest absolute Gasteiger partial charge is 0.222 e. The number of amides is 1. The molecule has 0 bridgehead atoms. The van der Waals surface area contributed by atoms with E-state index in [9.17, 15) is 4.79 Å². The molecule has 0 rings (SSSR count). The van der Waals surface area contributed by atoms with Crippen LogP contribution in [0.4, 0.5) is 0 Å². The van der Waals surface area contributed by atoms with Gasteiger partial charge in [0.05, 0.1) is 6.61 Å². The molecule has 0 fully saturated rings. The number of carbonyl (C=O) groups is 1. The van der Waals surface area contributed by atoms with Gasteiger partial charge in [-0.25, -0.2) is 0 Å². The number of ether oxygens (including phenoxy) is 1. The summed E-state index contributed by atoms with van der Waals surface area (Å²) in [5.74, 6) is 0.00838. The second kappa shape index (κ2) is 8.01. The molecule has 4 heteroatoms. The molecule has 0 radical (unpaired) electrons. The molecule has 0 saturated heterocycles. The molecular formula is C9H20N2O2. The summed E-state index contributed by atoms with van der Waals surface area (Å²) < 4.78 is 5.18. The van der Waals surface area contributed by atoms with Gasteiger partial charge in [-0.1, -0.05) is 6.92 Å². The van der Waals surface area contributed by atoms with Gasteiger partial charge in [0.1, 0.15) is 0 Å². The van der Waals surface area contributed by atoms with Gasteiger partial charge in [-0.05, 0) is 13.3 Å². The molecule has 0 aromatic carbocycles. The maximum Gasteiger partial charge on any atom is 0.222 e.